The first-order valence-corrected chi connectivity index (χ1v) is 7.71. The molecule has 1 aromatic heterocycles. The van der Waals surface area contributed by atoms with Crippen molar-refractivity contribution in [2.45, 2.75) is 33.1 Å². The number of benzene rings is 1. The molecule has 1 N–H and O–H groups in total. The Hall–Kier alpha value is -1.39. The Labute approximate surface area is 128 Å². The molecule has 20 heavy (non-hydrogen) atoms. The summed E-state index contributed by atoms with van der Waals surface area (Å²) in [7, 11) is 0. The molecule has 0 spiro atoms. The highest BCUT2D eigenvalue weighted by Crippen LogP contribution is 2.21. The topological polar surface area (TPSA) is 42.0 Å². The third kappa shape index (κ3) is 3.81. The van der Waals surface area contributed by atoms with E-state index in [9.17, 15) is 4.79 Å². The molecule has 0 radical (unpaired) electrons. The second-order valence-corrected chi connectivity index (χ2v) is 6.32. The van der Waals surface area contributed by atoms with E-state index in [0.717, 1.165) is 16.3 Å². The predicted molar refractivity (Wildman–Crippen MR) is 84.7 cm³/mol. The number of aryl methyl sites for hydroxylation is 1. The third-order valence-corrected chi connectivity index (χ3v) is 4.46. The molecule has 0 fully saturated rings. The van der Waals surface area contributed by atoms with Crippen LogP contribution in [0.25, 0.3) is 0 Å². The summed E-state index contributed by atoms with van der Waals surface area (Å²) < 4.78 is 0. The number of hydrogen-bond donors (Lipinski definition) is 1. The van der Waals surface area contributed by atoms with Crippen LogP contribution in [0.3, 0.4) is 0 Å². The van der Waals surface area contributed by atoms with E-state index < -0.39 is 0 Å². The number of nitrogens with one attached hydrogen (secondary N) is 1. The van der Waals surface area contributed by atoms with Crippen molar-refractivity contribution < 1.29 is 4.79 Å². The molecule has 0 saturated carbocycles. The summed E-state index contributed by atoms with van der Waals surface area (Å²) in [5.74, 6) is 0.318. The molecule has 5 heteroatoms. The molecular formula is C15H17ClN2OS. The van der Waals surface area contributed by atoms with Gasteiger partial charge >= 0.3 is 0 Å². The zero-order chi connectivity index (χ0) is 14.7. The zero-order valence-electron chi connectivity index (χ0n) is 11.7. The van der Waals surface area contributed by atoms with Crippen molar-refractivity contribution in [2.75, 3.05) is 5.32 Å². The van der Waals surface area contributed by atoms with E-state index in [2.05, 4.69) is 24.1 Å². The van der Waals surface area contributed by atoms with Gasteiger partial charge in [0.15, 0.2) is 0 Å². The van der Waals surface area contributed by atoms with Crippen molar-refractivity contribution in [3.63, 3.8) is 0 Å². The van der Waals surface area contributed by atoms with Crippen LogP contribution in [-0.4, -0.2) is 10.9 Å². The molecule has 1 amide bonds. The molecule has 0 unspecified atom stereocenters. The van der Waals surface area contributed by atoms with Crippen molar-refractivity contribution >= 4 is 34.5 Å². The smallest absolute Gasteiger partial charge is 0.230 e. The summed E-state index contributed by atoms with van der Waals surface area (Å²) in [6, 6.07) is 5.49. The minimum atomic E-state index is -0.0782. The third-order valence-electron chi connectivity index (χ3n) is 2.86. The molecule has 0 bridgehead atoms. The normalized spacial score (nSPS) is 10.8. The number of amides is 1. The Kier molecular flexibility index (Phi) is 4.78. The van der Waals surface area contributed by atoms with Crippen molar-refractivity contribution in [3.8, 4) is 0 Å². The average Bonchev–Trinajstić information content (AvgIpc) is 2.82. The number of carbonyl (C=O) groups excluding carboxylic acids is 1. The van der Waals surface area contributed by atoms with Crippen LogP contribution in [0.2, 0.25) is 5.02 Å². The lowest BCUT2D eigenvalue weighted by atomic mass is 10.2. The van der Waals surface area contributed by atoms with E-state index in [1.807, 2.05) is 24.4 Å². The summed E-state index contributed by atoms with van der Waals surface area (Å²) in [5, 5.41) is 6.49. The number of carbonyl (C=O) groups is 1. The summed E-state index contributed by atoms with van der Waals surface area (Å²) in [5.41, 5.74) is 2.52. The van der Waals surface area contributed by atoms with Gasteiger partial charge in [0.1, 0.15) is 0 Å². The molecule has 0 aliphatic rings. The molecule has 1 aromatic carbocycles. The van der Waals surface area contributed by atoms with Crippen LogP contribution < -0.4 is 5.32 Å². The first kappa shape index (κ1) is 15.0. The largest absolute Gasteiger partial charge is 0.326 e. The number of anilines is 1. The minimum absolute atomic E-state index is 0.0782. The number of hydrogen-bond acceptors (Lipinski definition) is 3. The van der Waals surface area contributed by atoms with Crippen molar-refractivity contribution in [1.82, 2.24) is 4.98 Å². The predicted octanol–water partition coefficient (Wildman–Crippen LogP) is 4.41. The van der Waals surface area contributed by atoms with Gasteiger partial charge in [-0.15, -0.1) is 11.3 Å². The summed E-state index contributed by atoms with van der Waals surface area (Å²) in [4.78, 5) is 16.4. The first-order valence-electron chi connectivity index (χ1n) is 6.46. The minimum Gasteiger partial charge on any atom is -0.326 e. The van der Waals surface area contributed by atoms with Gasteiger partial charge in [-0.25, -0.2) is 4.98 Å². The van der Waals surface area contributed by atoms with Gasteiger partial charge in [-0.1, -0.05) is 31.5 Å². The number of rotatable bonds is 4. The summed E-state index contributed by atoms with van der Waals surface area (Å²) >= 11 is 7.63. The second kappa shape index (κ2) is 6.37. The fourth-order valence-corrected chi connectivity index (χ4v) is 2.72. The fourth-order valence-electron chi connectivity index (χ4n) is 1.71. The maximum Gasteiger partial charge on any atom is 0.230 e. The number of thiazole rings is 1. The molecule has 0 atom stereocenters. The lowest BCUT2D eigenvalue weighted by Gasteiger charge is -2.06. The number of halogens is 1. The van der Waals surface area contributed by atoms with Gasteiger partial charge in [-0.2, -0.15) is 0 Å². The highest BCUT2D eigenvalue weighted by Gasteiger charge is 2.10. The quantitative estimate of drug-likeness (QED) is 0.909. The standard InChI is InChI=1S/C15H17ClN2OS/c1-9(2)15-18-12(8-20-15)7-14(19)17-11-5-4-10(3)13(16)6-11/h4-6,8-9H,7H2,1-3H3,(H,17,19). The Morgan fingerprint density at radius 3 is 2.80 bits per heavy atom. The van der Waals surface area contributed by atoms with Gasteiger partial charge in [0.05, 0.1) is 17.1 Å². The van der Waals surface area contributed by atoms with E-state index in [0.29, 0.717) is 16.6 Å². The second-order valence-electron chi connectivity index (χ2n) is 5.02. The van der Waals surface area contributed by atoms with E-state index in [-0.39, 0.29) is 12.3 Å². The highest BCUT2D eigenvalue weighted by atomic mass is 35.5. The van der Waals surface area contributed by atoms with Crippen molar-refractivity contribution in [1.29, 1.82) is 0 Å². The Balaban J connectivity index is 1.99. The van der Waals surface area contributed by atoms with E-state index in [1.54, 1.807) is 17.4 Å². The Morgan fingerprint density at radius 1 is 1.45 bits per heavy atom. The molecule has 2 rings (SSSR count). The van der Waals surface area contributed by atoms with Crippen LogP contribution in [0.15, 0.2) is 23.6 Å². The molecule has 0 aliphatic heterocycles. The van der Waals surface area contributed by atoms with E-state index in [1.165, 1.54) is 0 Å². The lowest BCUT2D eigenvalue weighted by molar-refractivity contribution is -0.115. The van der Waals surface area contributed by atoms with Gasteiger partial charge in [-0.05, 0) is 24.6 Å². The maximum absolute atomic E-state index is 12.0. The fraction of sp³-hybridized carbons (Fsp3) is 0.333. The van der Waals surface area contributed by atoms with Crippen LogP contribution in [0, 0.1) is 6.92 Å². The number of nitrogens with zero attached hydrogens (tertiary/aromatic N) is 1. The van der Waals surface area contributed by atoms with Gasteiger partial charge in [-0.3, -0.25) is 4.79 Å². The van der Waals surface area contributed by atoms with Crippen LogP contribution in [-0.2, 0) is 11.2 Å². The van der Waals surface area contributed by atoms with Crippen molar-refractivity contribution in [3.05, 3.63) is 44.9 Å². The molecular weight excluding hydrogens is 292 g/mol. The van der Waals surface area contributed by atoms with Crippen LogP contribution in [0.4, 0.5) is 5.69 Å². The SMILES string of the molecule is Cc1ccc(NC(=O)Cc2csc(C(C)C)n2)cc1Cl. The Bertz CT molecular complexity index is 622. The molecule has 0 aliphatic carbocycles. The molecule has 3 nitrogen and oxygen atoms in total. The lowest BCUT2D eigenvalue weighted by Crippen LogP contribution is -2.14. The van der Waals surface area contributed by atoms with Gasteiger partial charge in [0.2, 0.25) is 5.91 Å². The van der Waals surface area contributed by atoms with Crippen LogP contribution in [0.1, 0.15) is 36.0 Å². The van der Waals surface area contributed by atoms with Gasteiger partial charge < -0.3 is 5.32 Å². The van der Waals surface area contributed by atoms with Crippen molar-refractivity contribution in [2.24, 2.45) is 0 Å². The number of aromatic nitrogens is 1. The summed E-state index contributed by atoms with van der Waals surface area (Å²) in [6.07, 6.45) is 0.286. The maximum atomic E-state index is 12.0. The molecule has 0 saturated heterocycles. The van der Waals surface area contributed by atoms with Crippen LogP contribution >= 0.6 is 22.9 Å². The van der Waals surface area contributed by atoms with Crippen LogP contribution in [0.5, 0.6) is 0 Å². The van der Waals surface area contributed by atoms with Gasteiger partial charge in [0, 0.05) is 22.0 Å². The molecule has 106 valence electrons. The molecule has 2 aromatic rings. The van der Waals surface area contributed by atoms with E-state index in [4.69, 9.17) is 11.6 Å². The Morgan fingerprint density at radius 2 is 2.20 bits per heavy atom. The van der Waals surface area contributed by atoms with E-state index >= 15 is 0 Å². The zero-order valence-corrected chi connectivity index (χ0v) is 13.3. The summed E-state index contributed by atoms with van der Waals surface area (Å²) in [6.45, 7) is 6.12. The molecule has 1 heterocycles. The highest BCUT2D eigenvalue weighted by molar-refractivity contribution is 7.09. The van der Waals surface area contributed by atoms with Gasteiger partial charge in [0.25, 0.3) is 0 Å². The first-order chi connectivity index (χ1) is 9.45. The average molecular weight is 309 g/mol. The monoisotopic (exact) mass is 308 g/mol.